The summed E-state index contributed by atoms with van der Waals surface area (Å²) in [6.45, 7) is 8.02. The minimum absolute atomic E-state index is 0.0247. The number of carbonyl (C=O) groups excluding carboxylic acids is 2. The molecule has 1 aliphatic heterocycles. The van der Waals surface area contributed by atoms with Crippen LogP contribution < -0.4 is 5.73 Å². The van der Waals surface area contributed by atoms with Crippen molar-refractivity contribution < 1.29 is 14.0 Å². The molecule has 6 heteroatoms. The van der Waals surface area contributed by atoms with Crippen molar-refractivity contribution in [1.29, 1.82) is 0 Å². The van der Waals surface area contributed by atoms with E-state index in [1.54, 1.807) is 22.8 Å². The van der Waals surface area contributed by atoms with Crippen molar-refractivity contribution in [3.05, 3.63) is 23.2 Å². The van der Waals surface area contributed by atoms with Gasteiger partial charge in [-0.25, -0.2) is 0 Å². The van der Waals surface area contributed by atoms with E-state index in [1.165, 1.54) is 0 Å². The van der Waals surface area contributed by atoms with E-state index in [0.717, 1.165) is 5.76 Å². The second kappa shape index (κ2) is 6.30. The number of aryl methyl sites for hydroxylation is 2. The smallest absolute Gasteiger partial charge is 0.257 e. The van der Waals surface area contributed by atoms with Crippen LogP contribution in [0, 0.1) is 19.8 Å². The van der Waals surface area contributed by atoms with Crippen LogP contribution in [0.25, 0.3) is 0 Å². The fourth-order valence-corrected chi connectivity index (χ4v) is 2.56. The van der Waals surface area contributed by atoms with Gasteiger partial charge in [0, 0.05) is 38.6 Å². The fraction of sp³-hybridized carbons (Fsp3) is 0.600. The third-order valence-corrected chi connectivity index (χ3v) is 3.93. The molecule has 0 bridgehead atoms. The Morgan fingerprint density at radius 3 is 2.29 bits per heavy atom. The first-order valence-corrected chi connectivity index (χ1v) is 7.29. The van der Waals surface area contributed by atoms with Crippen LogP contribution in [0.15, 0.2) is 10.5 Å². The van der Waals surface area contributed by atoms with Gasteiger partial charge in [0.15, 0.2) is 0 Å². The Balaban J connectivity index is 1.96. The van der Waals surface area contributed by atoms with Crippen LogP contribution in [-0.2, 0) is 4.79 Å². The summed E-state index contributed by atoms with van der Waals surface area (Å²) >= 11 is 0. The molecule has 1 fully saturated rings. The molecule has 0 spiro atoms. The van der Waals surface area contributed by atoms with E-state index < -0.39 is 0 Å². The van der Waals surface area contributed by atoms with E-state index in [0.29, 0.717) is 44.0 Å². The minimum Gasteiger partial charge on any atom is -0.466 e. The van der Waals surface area contributed by atoms with Crippen LogP contribution in [-0.4, -0.2) is 54.3 Å². The van der Waals surface area contributed by atoms with Gasteiger partial charge in [0.2, 0.25) is 5.91 Å². The maximum absolute atomic E-state index is 12.4. The standard InChI is InChI=1S/C15H23N3O3/c1-10(9-16)14(19)17-4-6-18(7-5-17)15(20)13-8-11(2)21-12(13)3/h8,10H,4-7,9,16H2,1-3H3. The highest BCUT2D eigenvalue weighted by atomic mass is 16.3. The third kappa shape index (κ3) is 3.26. The first kappa shape index (κ1) is 15.6. The van der Waals surface area contributed by atoms with Gasteiger partial charge in [-0.2, -0.15) is 0 Å². The number of nitrogens with zero attached hydrogens (tertiary/aromatic N) is 2. The summed E-state index contributed by atoms with van der Waals surface area (Å²) in [4.78, 5) is 28.1. The van der Waals surface area contributed by atoms with Crippen molar-refractivity contribution >= 4 is 11.8 Å². The zero-order valence-electron chi connectivity index (χ0n) is 12.9. The van der Waals surface area contributed by atoms with Crippen molar-refractivity contribution in [1.82, 2.24) is 9.80 Å². The molecule has 0 aromatic carbocycles. The van der Waals surface area contributed by atoms with Gasteiger partial charge in [-0.3, -0.25) is 9.59 Å². The topological polar surface area (TPSA) is 79.8 Å². The molecule has 1 aliphatic rings. The Kier molecular flexibility index (Phi) is 4.67. The molecule has 0 saturated carbocycles. The van der Waals surface area contributed by atoms with E-state index in [-0.39, 0.29) is 17.7 Å². The number of piperazine rings is 1. The van der Waals surface area contributed by atoms with Gasteiger partial charge in [-0.05, 0) is 19.9 Å². The van der Waals surface area contributed by atoms with Crippen molar-refractivity contribution in [2.45, 2.75) is 20.8 Å². The van der Waals surface area contributed by atoms with Crippen LogP contribution in [0.2, 0.25) is 0 Å². The fourth-order valence-electron chi connectivity index (χ4n) is 2.56. The highest BCUT2D eigenvalue weighted by molar-refractivity contribution is 5.95. The van der Waals surface area contributed by atoms with E-state index in [1.807, 2.05) is 13.8 Å². The van der Waals surface area contributed by atoms with Crippen molar-refractivity contribution in [2.24, 2.45) is 11.7 Å². The van der Waals surface area contributed by atoms with Crippen LogP contribution >= 0.6 is 0 Å². The Labute approximate surface area is 124 Å². The lowest BCUT2D eigenvalue weighted by Crippen LogP contribution is -2.52. The van der Waals surface area contributed by atoms with Gasteiger partial charge in [0.1, 0.15) is 11.5 Å². The molecule has 1 aromatic heterocycles. The molecule has 116 valence electrons. The number of hydrogen-bond donors (Lipinski definition) is 1. The Morgan fingerprint density at radius 1 is 1.24 bits per heavy atom. The molecular formula is C15H23N3O3. The van der Waals surface area contributed by atoms with E-state index >= 15 is 0 Å². The average molecular weight is 293 g/mol. The zero-order chi connectivity index (χ0) is 15.6. The van der Waals surface area contributed by atoms with E-state index in [4.69, 9.17) is 10.2 Å². The van der Waals surface area contributed by atoms with Crippen LogP contribution in [0.3, 0.4) is 0 Å². The van der Waals surface area contributed by atoms with E-state index in [2.05, 4.69) is 0 Å². The summed E-state index contributed by atoms with van der Waals surface area (Å²) in [7, 11) is 0. The zero-order valence-corrected chi connectivity index (χ0v) is 12.9. The lowest BCUT2D eigenvalue weighted by molar-refractivity contribution is -0.136. The second-order valence-electron chi connectivity index (χ2n) is 5.58. The molecule has 1 aromatic rings. The molecule has 1 unspecified atom stereocenters. The number of rotatable bonds is 3. The average Bonchev–Trinajstić information content (AvgIpc) is 2.83. The predicted molar refractivity (Wildman–Crippen MR) is 78.9 cm³/mol. The molecule has 2 rings (SSSR count). The lowest BCUT2D eigenvalue weighted by Gasteiger charge is -2.35. The molecule has 2 amide bonds. The Morgan fingerprint density at radius 2 is 1.81 bits per heavy atom. The summed E-state index contributed by atoms with van der Waals surface area (Å²) in [5.41, 5.74) is 6.14. The van der Waals surface area contributed by atoms with Crippen molar-refractivity contribution in [3.8, 4) is 0 Å². The summed E-state index contributed by atoms with van der Waals surface area (Å²) in [6.07, 6.45) is 0. The first-order chi connectivity index (χ1) is 9.93. The summed E-state index contributed by atoms with van der Waals surface area (Å²) in [5.74, 6) is 1.27. The summed E-state index contributed by atoms with van der Waals surface area (Å²) in [5, 5.41) is 0. The van der Waals surface area contributed by atoms with Crippen LogP contribution in [0.1, 0.15) is 28.8 Å². The number of amides is 2. The first-order valence-electron chi connectivity index (χ1n) is 7.29. The predicted octanol–water partition coefficient (Wildman–Crippen LogP) is 0.776. The van der Waals surface area contributed by atoms with Gasteiger partial charge < -0.3 is 20.0 Å². The molecule has 2 N–H and O–H groups in total. The van der Waals surface area contributed by atoms with Gasteiger partial charge in [0.25, 0.3) is 5.91 Å². The van der Waals surface area contributed by atoms with Crippen molar-refractivity contribution in [2.75, 3.05) is 32.7 Å². The van der Waals surface area contributed by atoms with E-state index in [9.17, 15) is 9.59 Å². The monoisotopic (exact) mass is 293 g/mol. The molecule has 2 heterocycles. The molecule has 1 atom stereocenters. The number of furan rings is 1. The molecular weight excluding hydrogens is 270 g/mol. The molecule has 6 nitrogen and oxygen atoms in total. The third-order valence-electron chi connectivity index (χ3n) is 3.93. The minimum atomic E-state index is -0.161. The summed E-state index contributed by atoms with van der Waals surface area (Å²) in [6, 6.07) is 1.77. The largest absolute Gasteiger partial charge is 0.466 e. The molecule has 1 saturated heterocycles. The molecule has 0 radical (unpaired) electrons. The van der Waals surface area contributed by atoms with Gasteiger partial charge in [0.05, 0.1) is 5.56 Å². The van der Waals surface area contributed by atoms with Gasteiger partial charge in [-0.15, -0.1) is 0 Å². The SMILES string of the molecule is Cc1cc(C(=O)N2CCN(C(=O)C(C)CN)CC2)c(C)o1. The van der Waals surface area contributed by atoms with Gasteiger partial charge >= 0.3 is 0 Å². The second-order valence-corrected chi connectivity index (χ2v) is 5.58. The summed E-state index contributed by atoms with van der Waals surface area (Å²) < 4.78 is 5.41. The van der Waals surface area contributed by atoms with Gasteiger partial charge in [-0.1, -0.05) is 6.92 Å². The highest BCUT2D eigenvalue weighted by Gasteiger charge is 2.28. The highest BCUT2D eigenvalue weighted by Crippen LogP contribution is 2.17. The normalized spacial score (nSPS) is 17.0. The van der Waals surface area contributed by atoms with Crippen LogP contribution in [0.4, 0.5) is 0 Å². The van der Waals surface area contributed by atoms with Crippen molar-refractivity contribution in [3.63, 3.8) is 0 Å². The molecule has 0 aliphatic carbocycles. The quantitative estimate of drug-likeness (QED) is 0.893. The number of carbonyl (C=O) groups is 2. The lowest BCUT2D eigenvalue weighted by atomic mass is 10.1. The van der Waals surface area contributed by atoms with Crippen LogP contribution in [0.5, 0.6) is 0 Å². The Bertz CT molecular complexity index is 530. The maximum atomic E-state index is 12.4. The Hall–Kier alpha value is -1.82. The number of nitrogens with two attached hydrogens (primary N) is 1. The number of hydrogen-bond acceptors (Lipinski definition) is 4. The maximum Gasteiger partial charge on any atom is 0.257 e. The molecule has 21 heavy (non-hydrogen) atoms.